The predicted molar refractivity (Wildman–Crippen MR) is 78.0 cm³/mol. The van der Waals surface area contributed by atoms with Gasteiger partial charge in [0.25, 0.3) is 0 Å². The summed E-state index contributed by atoms with van der Waals surface area (Å²) in [5, 5.41) is 18.4. The quantitative estimate of drug-likeness (QED) is 0.275. The molecule has 0 aromatic heterocycles. The van der Waals surface area contributed by atoms with E-state index >= 15 is 0 Å². The average molecular weight is 318 g/mol. The van der Waals surface area contributed by atoms with Crippen molar-refractivity contribution in [3.05, 3.63) is 40.1 Å². The Hall–Kier alpha value is -0.0636. The molecule has 0 aromatic rings. The monoisotopic (exact) mass is 318 g/mol. The topological polar surface area (TPSA) is 92.8 Å². The average Bonchev–Trinajstić information content (AvgIpc) is 2.14. The Morgan fingerprint density at radius 3 is 1.35 bits per heavy atom. The molecule has 0 aliphatic heterocycles. The van der Waals surface area contributed by atoms with E-state index in [1.54, 1.807) is 19.0 Å². The maximum Gasteiger partial charge on any atom is 1.00 e. The first-order chi connectivity index (χ1) is 8.00. The maximum atomic E-state index is 9.60. The normalized spacial score (nSPS) is 8.45. The third-order valence-electron chi connectivity index (χ3n) is 1.52. The zero-order valence-corrected chi connectivity index (χ0v) is 17.3. The Morgan fingerprint density at radius 1 is 1.05 bits per heavy atom. The minimum absolute atomic E-state index is 0. The smallest absolute Gasteiger partial charge is 0.379 e. The van der Waals surface area contributed by atoms with E-state index in [1.807, 2.05) is 0 Å². The third kappa shape index (κ3) is 64.4. The summed E-state index contributed by atoms with van der Waals surface area (Å²) in [5.74, 6) is 0. The summed E-state index contributed by atoms with van der Waals surface area (Å²) < 4.78 is 0. The van der Waals surface area contributed by atoms with Crippen LogP contribution in [0.25, 0.3) is 0 Å². The molecule has 0 aromatic carbocycles. The molecule has 0 saturated carbocycles. The van der Waals surface area contributed by atoms with Crippen LogP contribution in [0.1, 0.15) is 13.8 Å². The molecule has 0 N–H and O–H groups in total. The largest absolute Gasteiger partial charge is 1.00 e. The van der Waals surface area contributed by atoms with Crippen molar-refractivity contribution in [2.45, 2.75) is 19.9 Å². The minimum atomic E-state index is -0.500. The van der Waals surface area contributed by atoms with Gasteiger partial charge in [-0.3, -0.25) is 20.2 Å². The van der Waals surface area contributed by atoms with Gasteiger partial charge in [0, 0.05) is 25.1 Å². The molecule has 0 saturated heterocycles. The minimum Gasteiger partial charge on any atom is -0.379 e. The molecule has 0 aliphatic carbocycles. The van der Waals surface area contributed by atoms with Crippen LogP contribution in [-0.2, 0) is 0 Å². The molecule has 0 bridgehead atoms. The molecule has 116 valence electrons. The molecule has 0 atom stereocenters. The Bertz CT molecular complexity index is 249. The van der Waals surface area contributed by atoms with Crippen molar-refractivity contribution in [2.75, 3.05) is 35.2 Å². The van der Waals surface area contributed by atoms with Crippen LogP contribution < -0.4 is 51.4 Å². The predicted octanol–water partition coefficient (Wildman–Crippen LogP) is -1.40. The maximum absolute atomic E-state index is 9.60. The number of hydrogen-bond donors (Lipinski definition) is 0. The second-order valence-electron chi connectivity index (χ2n) is 4.04. The summed E-state index contributed by atoms with van der Waals surface area (Å²) in [7, 11) is 8.48. The standard InChI is InChI=1S/C5H13N.C4H8N2O2.CH3NO2.CH3.K/c1-5(2)6(3)4;1-5(2)3-4-6(7)8;1-2(3)4;;/h5H,1-4H3;3-4H,1-2H3;1H3;1H3;/q;;;-1;+1/b;4-3+;;;. The van der Waals surface area contributed by atoms with Crippen molar-refractivity contribution in [3.8, 4) is 0 Å². The second kappa shape index (κ2) is 21.2. The Labute approximate surface area is 164 Å². The van der Waals surface area contributed by atoms with Crippen LogP contribution in [0.2, 0.25) is 0 Å². The summed E-state index contributed by atoms with van der Waals surface area (Å²) in [6.07, 6.45) is 2.26. The van der Waals surface area contributed by atoms with Gasteiger partial charge in [0.1, 0.15) is 0 Å². The summed E-state index contributed by atoms with van der Waals surface area (Å²) >= 11 is 0. The molecule has 0 rings (SSSR count). The molecule has 0 heterocycles. The summed E-state index contributed by atoms with van der Waals surface area (Å²) in [6, 6.07) is 0.685. The van der Waals surface area contributed by atoms with E-state index in [9.17, 15) is 10.1 Å². The van der Waals surface area contributed by atoms with Crippen molar-refractivity contribution in [1.82, 2.24) is 9.80 Å². The number of nitrogens with zero attached hydrogens (tertiary/aromatic N) is 4. The third-order valence-corrected chi connectivity index (χ3v) is 1.52. The van der Waals surface area contributed by atoms with Crippen LogP contribution in [-0.4, -0.2) is 60.9 Å². The van der Waals surface area contributed by atoms with Gasteiger partial charge in [-0.15, -0.1) is 0 Å². The van der Waals surface area contributed by atoms with E-state index in [0.29, 0.717) is 6.04 Å². The van der Waals surface area contributed by atoms with E-state index < -0.39 is 9.85 Å². The van der Waals surface area contributed by atoms with Crippen LogP contribution in [0, 0.1) is 27.7 Å². The zero-order valence-electron chi connectivity index (χ0n) is 14.2. The Balaban J connectivity index is -0.0000000564. The Kier molecular flexibility index (Phi) is 34.0. The van der Waals surface area contributed by atoms with Crippen LogP contribution >= 0.6 is 0 Å². The molecular formula is C11H27KN4O4. The number of hydrogen-bond acceptors (Lipinski definition) is 6. The fourth-order valence-corrected chi connectivity index (χ4v) is 0.188. The zero-order chi connectivity index (χ0) is 15.3. The first kappa shape index (κ1) is 32.0. The van der Waals surface area contributed by atoms with E-state index in [4.69, 9.17) is 10.1 Å². The molecule has 0 fully saturated rings. The van der Waals surface area contributed by atoms with Crippen LogP contribution in [0.15, 0.2) is 12.4 Å². The van der Waals surface area contributed by atoms with Crippen LogP contribution in [0.4, 0.5) is 0 Å². The van der Waals surface area contributed by atoms with Gasteiger partial charge < -0.3 is 17.2 Å². The molecule has 20 heavy (non-hydrogen) atoms. The summed E-state index contributed by atoms with van der Waals surface area (Å²) in [6.45, 7) is 4.33. The molecule has 9 heteroatoms. The Morgan fingerprint density at radius 2 is 1.30 bits per heavy atom. The molecule has 0 spiro atoms. The van der Waals surface area contributed by atoms with Gasteiger partial charge in [-0.05, 0) is 27.9 Å². The van der Waals surface area contributed by atoms with Gasteiger partial charge >= 0.3 is 51.4 Å². The van der Waals surface area contributed by atoms with Crippen molar-refractivity contribution in [1.29, 1.82) is 0 Å². The van der Waals surface area contributed by atoms with E-state index in [1.165, 1.54) is 6.20 Å². The van der Waals surface area contributed by atoms with Crippen molar-refractivity contribution >= 4 is 0 Å². The van der Waals surface area contributed by atoms with Crippen molar-refractivity contribution in [2.24, 2.45) is 0 Å². The summed E-state index contributed by atoms with van der Waals surface area (Å²) in [5.41, 5.74) is 0. The van der Waals surface area contributed by atoms with Gasteiger partial charge in [0.2, 0.25) is 6.20 Å². The van der Waals surface area contributed by atoms with E-state index in [2.05, 4.69) is 32.8 Å². The molecule has 0 radical (unpaired) electrons. The number of nitro groups is 2. The van der Waals surface area contributed by atoms with E-state index in [-0.39, 0.29) is 58.8 Å². The SMILES string of the molecule is CC(C)N(C)C.CN(C)/C=C/[N+](=O)[O-].C[N+](=O)[O-].[CH3-].[K+]. The fourth-order valence-electron chi connectivity index (χ4n) is 0.188. The molecule has 0 unspecified atom stereocenters. The fraction of sp³-hybridized carbons (Fsp3) is 0.727. The van der Waals surface area contributed by atoms with Gasteiger partial charge in [-0.25, -0.2) is 0 Å². The summed E-state index contributed by atoms with van der Waals surface area (Å²) in [4.78, 5) is 21.2. The van der Waals surface area contributed by atoms with Crippen LogP contribution in [0.5, 0.6) is 0 Å². The van der Waals surface area contributed by atoms with Gasteiger partial charge in [-0.1, -0.05) is 0 Å². The second-order valence-corrected chi connectivity index (χ2v) is 4.04. The molecular weight excluding hydrogens is 291 g/mol. The first-order valence-electron chi connectivity index (χ1n) is 5.23. The van der Waals surface area contributed by atoms with Gasteiger partial charge in [0.15, 0.2) is 7.05 Å². The van der Waals surface area contributed by atoms with Crippen molar-refractivity contribution in [3.63, 3.8) is 0 Å². The van der Waals surface area contributed by atoms with Gasteiger partial charge in [-0.2, -0.15) is 0 Å². The van der Waals surface area contributed by atoms with Gasteiger partial charge in [0.05, 0.1) is 11.1 Å². The molecule has 0 aliphatic rings. The van der Waals surface area contributed by atoms with E-state index in [0.717, 1.165) is 13.2 Å². The first-order valence-corrected chi connectivity index (χ1v) is 5.23. The van der Waals surface area contributed by atoms with Crippen LogP contribution in [0.3, 0.4) is 0 Å². The number of rotatable bonds is 3. The molecule has 8 nitrogen and oxygen atoms in total. The molecule has 0 amide bonds. The van der Waals surface area contributed by atoms with Crippen molar-refractivity contribution < 1.29 is 61.2 Å².